The van der Waals surface area contributed by atoms with Crippen LogP contribution in [0.15, 0.2) is 89.4 Å². The molecule has 3 aromatic carbocycles. The molecule has 0 fully saturated rings. The first-order valence-corrected chi connectivity index (χ1v) is 15.7. The SMILES string of the molecule is CCCNC(=O)[C@H](Cc1ccccc1)N(Cc1ccc(Br)cc1)C(=O)CCCN(c1ccccc1)S(C)(=O)=O. The molecule has 7 nitrogen and oxygen atoms in total. The molecule has 0 bridgehead atoms. The van der Waals surface area contributed by atoms with Gasteiger partial charge in [-0.3, -0.25) is 13.9 Å². The first kappa shape index (κ1) is 30.4. The van der Waals surface area contributed by atoms with E-state index >= 15 is 0 Å². The summed E-state index contributed by atoms with van der Waals surface area (Å²) in [7, 11) is -3.53. The molecule has 1 atom stereocenters. The van der Waals surface area contributed by atoms with Crippen molar-refractivity contribution < 1.29 is 18.0 Å². The molecule has 3 aromatic rings. The van der Waals surface area contributed by atoms with Gasteiger partial charge in [-0.25, -0.2) is 8.42 Å². The van der Waals surface area contributed by atoms with Gasteiger partial charge >= 0.3 is 0 Å². The van der Waals surface area contributed by atoms with Gasteiger partial charge in [0.05, 0.1) is 11.9 Å². The molecular formula is C30H36BrN3O4S. The number of hydrogen-bond acceptors (Lipinski definition) is 4. The Morgan fingerprint density at radius 3 is 2.10 bits per heavy atom. The van der Waals surface area contributed by atoms with Crippen LogP contribution in [0.4, 0.5) is 5.69 Å². The number of sulfonamides is 1. The van der Waals surface area contributed by atoms with Crippen molar-refractivity contribution in [3.05, 3.63) is 101 Å². The van der Waals surface area contributed by atoms with Crippen molar-refractivity contribution in [2.24, 2.45) is 0 Å². The van der Waals surface area contributed by atoms with Gasteiger partial charge < -0.3 is 10.2 Å². The molecule has 3 rings (SSSR count). The number of amides is 2. The van der Waals surface area contributed by atoms with Crippen molar-refractivity contribution in [3.63, 3.8) is 0 Å². The number of rotatable bonds is 14. The summed E-state index contributed by atoms with van der Waals surface area (Å²) in [5.74, 6) is -0.403. The van der Waals surface area contributed by atoms with Crippen LogP contribution >= 0.6 is 15.9 Å². The molecule has 0 aromatic heterocycles. The third-order valence-corrected chi connectivity index (χ3v) is 8.01. The number of nitrogens with one attached hydrogen (secondary N) is 1. The predicted molar refractivity (Wildman–Crippen MR) is 160 cm³/mol. The van der Waals surface area contributed by atoms with Gasteiger partial charge in [0, 0.05) is 36.9 Å². The highest BCUT2D eigenvalue weighted by Crippen LogP contribution is 2.20. The largest absolute Gasteiger partial charge is 0.354 e. The van der Waals surface area contributed by atoms with E-state index in [0.717, 1.165) is 28.3 Å². The number of carbonyl (C=O) groups excluding carboxylic acids is 2. The Hall–Kier alpha value is -3.17. The Bertz CT molecular complexity index is 1300. The molecule has 2 amide bonds. The van der Waals surface area contributed by atoms with Gasteiger partial charge in [0.2, 0.25) is 21.8 Å². The molecule has 0 aliphatic carbocycles. The number of nitrogens with zero attached hydrogens (tertiary/aromatic N) is 2. The van der Waals surface area contributed by atoms with Crippen LogP contribution in [0.2, 0.25) is 0 Å². The fourth-order valence-electron chi connectivity index (χ4n) is 4.30. The van der Waals surface area contributed by atoms with E-state index in [2.05, 4.69) is 21.2 Å². The van der Waals surface area contributed by atoms with Crippen molar-refractivity contribution in [1.82, 2.24) is 10.2 Å². The highest BCUT2D eigenvalue weighted by molar-refractivity contribution is 9.10. The van der Waals surface area contributed by atoms with Gasteiger partial charge in [0.15, 0.2) is 0 Å². The van der Waals surface area contributed by atoms with E-state index < -0.39 is 16.1 Å². The van der Waals surface area contributed by atoms with Crippen LogP contribution in [-0.4, -0.2) is 50.5 Å². The second-order valence-electron chi connectivity index (χ2n) is 9.42. The van der Waals surface area contributed by atoms with Crippen molar-refractivity contribution in [1.29, 1.82) is 0 Å². The quantitative estimate of drug-likeness (QED) is 0.272. The highest BCUT2D eigenvalue weighted by atomic mass is 79.9. The number of hydrogen-bond donors (Lipinski definition) is 1. The van der Waals surface area contributed by atoms with Crippen LogP contribution in [-0.2, 0) is 32.6 Å². The summed E-state index contributed by atoms with van der Waals surface area (Å²) in [5, 5.41) is 2.97. The summed E-state index contributed by atoms with van der Waals surface area (Å²) in [6.07, 6.45) is 2.73. The van der Waals surface area contributed by atoms with Crippen LogP contribution in [0.25, 0.3) is 0 Å². The number of halogens is 1. The van der Waals surface area contributed by atoms with Gasteiger partial charge in [0.25, 0.3) is 0 Å². The van der Waals surface area contributed by atoms with Crippen LogP contribution < -0.4 is 9.62 Å². The Labute approximate surface area is 240 Å². The zero-order chi connectivity index (χ0) is 28.3. The minimum absolute atomic E-state index is 0.0989. The third-order valence-electron chi connectivity index (χ3n) is 6.28. The monoisotopic (exact) mass is 613 g/mol. The maximum atomic E-state index is 13.8. The Morgan fingerprint density at radius 1 is 0.897 bits per heavy atom. The van der Waals surface area contributed by atoms with E-state index in [1.165, 1.54) is 4.31 Å². The standard InChI is InChI=1S/C30H36BrN3O4S/c1-3-20-32-30(36)28(22-24-11-6-4-7-12-24)33(23-25-16-18-26(31)19-17-25)29(35)15-10-21-34(39(2,37)38)27-13-8-5-9-14-27/h4-9,11-14,16-19,28H,3,10,15,20-23H2,1-2H3,(H,32,36)/t28-/m0/s1. The van der Waals surface area contributed by atoms with Crippen LogP contribution in [0.1, 0.15) is 37.3 Å². The number of para-hydroxylation sites is 1. The molecular weight excluding hydrogens is 578 g/mol. The molecule has 1 N–H and O–H groups in total. The fourth-order valence-corrected chi connectivity index (χ4v) is 5.53. The summed E-state index contributed by atoms with van der Waals surface area (Å²) < 4.78 is 27.2. The molecule has 0 spiro atoms. The molecule has 9 heteroatoms. The zero-order valence-electron chi connectivity index (χ0n) is 22.4. The first-order valence-electron chi connectivity index (χ1n) is 13.1. The molecule has 39 heavy (non-hydrogen) atoms. The third kappa shape index (κ3) is 9.51. The Balaban J connectivity index is 1.85. The summed E-state index contributed by atoms with van der Waals surface area (Å²) in [6.45, 7) is 2.92. The lowest BCUT2D eigenvalue weighted by Crippen LogP contribution is -2.50. The molecule has 208 valence electrons. The average molecular weight is 615 g/mol. The second kappa shape index (κ2) is 14.8. The van der Waals surface area contributed by atoms with Crippen LogP contribution in [0.5, 0.6) is 0 Å². The summed E-state index contributed by atoms with van der Waals surface area (Å²) >= 11 is 3.45. The zero-order valence-corrected chi connectivity index (χ0v) is 24.8. The average Bonchev–Trinajstić information content (AvgIpc) is 2.93. The van der Waals surface area contributed by atoms with Crippen molar-refractivity contribution >= 4 is 43.5 Å². The molecule has 0 saturated heterocycles. The molecule has 0 saturated carbocycles. The topological polar surface area (TPSA) is 86.8 Å². The van der Waals surface area contributed by atoms with Gasteiger partial charge in [-0.1, -0.05) is 83.5 Å². The van der Waals surface area contributed by atoms with Gasteiger partial charge in [-0.05, 0) is 48.2 Å². The molecule has 0 aliphatic rings. The maximum absolute atomic E-state index is 13.8. The molecule has 0 unspecified atom stereocenters. The van der Waals surface area contributed by atoms with E-state index in [4.69, 9.17) is 0 Å². The van der Waals surface area contributed by atoms with E-state index in [1.54, 1.807) is 29.2 Å². The van der Waals surface area contributed by atoms with Gasteiger partial charge in [-0.2, -0.15) is 0 Å². The minimum Gasteiger partial charge on any atom is -0.354 e. The maximum Gasteiger partial charge on any atom is 0.243 e. The van der Waals surface area contributed by atoms with Crippen LogP contribution in [0, 0.1) is 0 Å². The van der Waals surface area contributed by atoms with Crippen LogP contribution in [0.3, 0.4) is 0 Å². The predicted octanol–water partition coefficient (Wildman–Crippen LogP) is 5.16. The molecule has 0 aliphatic heterocycles. The lowest BCUT2D eigenvalue weighted by molar-refractivity contribution is -0.141. The lowest BCUT2D eigenvalue weighted by Gasteiger charge is -2.32. The normalized spacial score (nSPS) is 12.0. The number of anilines is 1. The smallest absolute Gasteiger partial charge is 0.243 e. The van der Waals surface area contributed by atoms with Gasteiger partial charge in [0.1, 0.15) is 6.04 Å². The van der Waals surface area contributed by atoms with E-state index in [1.807, 2.05) is 67.6 Å². The van der Waals surface area contributed by atoms with E-state index in [0.29, 0.717) is 25.1 Å². The summed E-state index contributed by atoms with van der Waals surface area (Å²) in [6, 6.07) is 25.5. The van der Waals surface area contributed by atoms with E-state index in [-0.39, 0.29) is 31.3 Å². The van der Waals surface area contributed by atoms with Crippen molar-refractivity contribution in [3.8, 4) is 0 Å². The first-order chi connectivity index (χ1) is 18.7. The minimum atomic E-state index is -3.53. The Morgan fingerprint density at radius 2 is 1.51 bits per heavy atom. The van der Waals surface area contributed by atoms with Gasteiger partial charge in [-0.15, -0.1) is 0 Å². The van der Waals surface area contributed by atoms with Crippen molar-refractivity contribution in [2.45, 2.75) is 45.2 Å². The second-order valence-corrected chi connectivity index (χ2v) is 12.2. The highest BCUT2D eigenvalue weighted by Gasteiger charge is 2.30. The molecule has 0 radical (unpaired) electrons. The Kier molecular flexibility index (Phi) is 11.6. The summed E-state index contributed by atoms with van der Waals surface area (Å²) in [5.41, 5.74) is 2.41. The fraction of sp³-hybridized carbons (Fsp3) is 0.333. The van der Waals surface area contributed by atoms with Crippen molar-refractivity contribution in [2.75, 3.05) is 23.7 Å². The summed E-state index contributed by atoms with van der Waals surface area (Å²) in [4.78, 5) is 28.8. The molecule has 0 heterocycles. The van der Waals surface area contributed by atoms with E-state index in [9.17, 15) is 18.0 Å². The number of benzene rings is 3. The lowest BCUT2D eigenvalue weighted by atomic mass is 10.0. The number of carbonyl (C=O) groups is 2.